The molecule has 1 heterocycles. The molecule has 0 aliphatic heterocycles. The Morgan fingerprint density at radius 3 is 2.58 bits per heavy atom. The average molecular weight is 276 g/mol. The van der Waals surface area contributed by atoms with Gasteiger partial charge in [0.15, 0.2) is 0 Å². The van der Waals surface area contributed by atoms with Gasteiger partial charge >= 0.3 is 0 Å². The fourth-order valence-electron chi connectivity index (χ4n) is 1.88. The minimum atomic E-state index is -0.227. The predicted molar refractivity (Wildman–Crippen MR) is 77.7 cm³/mol. The number of alkyl halides is 1. The topological polar surface area (TPSA) is 12.9 Å². The van der Waals surface area contributed by atoms with Crippen molar-refractivity contribution >= 4 is 17.2 Å². The molecular weight excluding hydrogens is 261 g/mol. The molecule has 0 saturated carbocycles. The first-order valence-electron chi connectivity index (χ1n) is 6.23. The van der Waals surface area contributed by atoms with Crippen molar-refractivity contribution in [3.63, 3.8) is 0 Å². The van der Waals surface area contributed by atoms with Crippen LogP contribution < -0.4 is 0 Å². The first-order chi connectivity index (χ1) is 9.31. The van der Waals surface area contributed by atoms with E-state index in [-0.39, 0.29) is 5.82 Å². The van der Waals surface area contributed by atoms with Crippen molar-refractivity contribution in [1.29, 1.82) is 0 Å². The number of hydrogen-bond acceptors (Lipinski definition) is 1. The first-order valence-corrected chi connectivity index (χ1v) is 6.77. The van der Waals surface area contributed by atoms with E-state index < -0.39 is 0 Å². The molecule has 1 aromatic heterocycles. The molecule has 0 aliphatic rings. The maximum Gasteiger partial charge on any atom is 0.123 e. The zero-order chi connectivity index (χ0) is 13.5. The van der Waals surface area contributed by atoms with E-state index in [9.17, 15) is 4.39 Å². The lowest BCUT2D eigenvalue weighted by Gasteiger charge is -2.08. The van der Waals surface area contributed by atoms with Crippen LogP contribution in [0.2, 0.25) is 0 Å². The van der Waals surface area contributed by atoms with Gasteiger partial charge in [-0.3, -0.25) is 4.98 Å². The van der Waals surface area contributed by atoms with Crippen molar-refractivity contribution in [2.75, 3.05) is 5.88 Å². The third-order valence-corrected chi connectivity index (χ3v) is 3.08. The van der Waals surface area contributed by atoms with E-state index >= 15 is 0 Å². The molecule has 1 aromatic carbocycles. The van der Waals surface area contributed by atoms with Gasteiger partial charge in [-0.1, -0.05) is 24.3 Å². The van der Waals surface area contributed by atoms with Crippen LogP contribution in [0.5, 0.6) is 0 Å². The smallest absolute Gasteiger partial charge is 0.123 e. The Balaban J connectivity index is 2.34. The van der Waals surface area contributed by atoms with Crippen molar-refractivity contribution in [2.24, 2.45) is 0 Å². The van der Waals surface area contributed by atoms with Gasteiger partial charge in [-0.2, -0.15) is 0 Å². The second kappa shape index (κ2) is 7.05. The minimum Gasteiger partial charge on any atom is -0.264 e. The van der Waals surface area contributed by atoms with Crippen LogP contribution in [0.25, 0.3) is 5.57 Å². The number of allylic oxidation sites excluding steroid dienone is 1. The number of aromatic nitrogens is 1. The van der Waals surface area contributed by atoms with Crippen molar-refractivity contribution < 1.29 is 4.39 Å². The molecule has 3 heteroatoms. The number of benzene rings is 1. The van der Waals surface area contributed by atoms with Crippen molar-refractivity contribution in [3.05, 3.63) is 71.8 Å². The molecule has 0 saturated heterocycles. The van der Waals surface area contributed by atoms with Crippen LogP contribution >= 0.6 is 11.6 Å². The Morgan fingerprint density at radius 2 is 1.95 bits per heavy atom. The van der Waals surface area contributed by atoms with Gasteiger partial charge in [0.25, 0.3) is 0 Å². The molecular formula is C16H15ClFN. The summed E-state index contributed by atoms with van der Waals surface area (Å²) in [5.41, 5.74) is 3.09. The summed E-state index contributed by atoms with van der Waals surface area (Å²) in [7, 11) is 0. The largest absolute Gasteiger partial charge is 0.264 e. The first kappa shape index (κ1) is 13.8. The summed E-state index contributed by atoms with van der Waals surface area (Å²) in [6.45, 7) is 0. The molecule has 0 atom stereocenters. The van der Waals surface area contributed by atoms with Gasteiger partial charge in [-0.05, 0) is 42.2 Å². The molecule has 0 amide bonds. The summed E-state index contributed by atoms with van der Waals surface area (Å²) in [6, 6.07) is 10.4. The zero-order valence-electron chi connectivity index (χ0n) is 10.5. The summed E-state index contributed by atoms with van der Waals surface area (Å²) in [6.07, 6.45) is 7.50. The maximum absolute atomic E-state index is 13.0. The highest BCUT2D eigenvalue weighted by molar-refractivity contribution is 6.17. The fourth-order valence-corrected chi connectivity index (χ4v) is 2.03. The van der Waals surface area contributed by atoms with Crippen molar-refractivity contribution in [2.45, 2.75) is 12.8 Å². The molecule has 98 valence electrons. The molecule has 1 nitrogen and oxygen atoms in total. The SMILES string of the molecule is Fc1ccc(C(=CCCCCl)c2cccnc2)cc1. The van der Waals surface area contributed by atoms with Gasteiger partial charge in [-0.15, -0.1) is 11.6 Å². The molecule has 0 bridgehead atoms. The van der Waals surface area contributed by atoms with Crippen LogP contribution in [0.3, 0.4) is 0 Å². The van der Waals surface area contributed by atoms with E-state index in [1.54, 1.807) is 18.3 Å². The van der Waals surface area contributed by atoms with E-state index in [2.05, 4.69) is 11.1 Å². The molecule has 2 rings (SSSR count). The lowest BCUT2D eigenvalue weighted by atomic mass is 9.98. The summed E-state index contributed by atoms with van der Waals surface area (Å²) in [4.78, 5) is 4.14. The molecule has 19 heavy (non-hydrogen) atoms. The molecule has 0 spiro atoms. The number of rotatable bonds is 5. The van der Waals surface area contributed by atoms with Gasteiger partial charge < -0.3 is 0 Å². The standard InChI is InChI=1S/C16H15ClFN/c17-10-2-1-5-16(14-4-3-11-19-12-14)13-6-8-15(18)9-7-13/h3-9,11-12H,1-2,10H2. The number of unbranched alkanes of at least 4 members (excludes halogenated alkanes) is 1. The fraction of sp³-hybridized carbons (Fsp3) is 0.188. The van der Waals surface area contributed by atoms with E-state index in [1.165, 1.54) is 12.1 Å². The lowest BCUT2D eigenvalue weighted by Crippen LogP contribution is -1.90. The van der Waals surface area contributed by atoms with E-state index in [1.807, 2.05) is 18.3 Å². The summed E-state index contributed by atoms with van der Waals surface area (Å²) < 4.78 is 13.0. The molecule has 2 aromatic rings. The average Bonchev–Trinajstić information content (AvgIpc) is 2.46. The van der Waals surface area contributed by atoms with Crippen LogP contribution in [0.1, 0.15) is 24.0 Å². The minimum absolute atomic E-state index is 0.227. The highest BCUT2D eigenvalue weighted by Crippen LogP contribution is 2.24. The van der Waals surface area contributed by atoms with Crippen molar-refractivity contribution in [3.8, 4) is 0 Å². The van der Waals surface area contributed by atoms with Gasteiger partial charge in [0.2, 0.25) is 0 Å². The third kappa shape index (κ3) is 3.90. The normalized spacial score (nSPS) is 11.6. The lowest BCUT2D eigenvalue weighted by molar-refractivity contribution is 0.627. The second-order valence-corrected chi connectivity index (χ2v) is 4.58. The predicted octanol–water partition coefficient (Wildman–Crippen LogP) is 4.67. The maximum atomic E-state index is 13.0. The zero-order valence-corrected chi connectivity index (χ0v) is 11.3. The number of hydrogen-bond donors (Lipinski definition) is 0. The number of pyridine rings is 1. The summed E-state index contributed by atoms with van der Waals surface area (Å²) >= 11 is 5.71. The highest BCUT2D eigenvalue weighted by Gasteiger charge is 2.05. The van der Waals surface area contributed by atoms with Crippen LogP contribution in [0.15, 0.2) is 54.9 Å². The Morgan fingerprint density at radius 1 is 1.16 bits per heavy atom. The van der Waals surface area contributed by atoms with Crippen LogP contribution in [0.4, 0.5) is 4.39 Å². The van der Waals surface area contributed by atoms with Gasteiger partial charge in [-0.25, -0.2) is 4.39 Å². The van der Waals surface area contributed by atoms with Crippen molar-refractivity contribution in [1.82, 2.24) is 4.98 Å². The Hall–Kier alpha value is -1.67. The van der Waals surface area contributed by atoms with Gasteiger partial charge in [0.05, 0.1) is 0 Å². The van der Waals surface area contributed by atoms with Crippen LogP contribution in [-0.4, -0.2) is 10.9 Å². The quantitative estimate of drug-likeness (QED) is 0.571. The Bertz CT molecular complexity index is 534. The number of halogens is 2. The van der Waals surface area contributed by atoms with E-state index in [4.69, 9.17) is 11.6 Å². The third-order valence-electron chi connectivity index (χ3n) is 2.81. The van der Waals surface area contributed by atoms with E-state index in [0.29, 0.717) is 5.88 Å². The molecule has 0 N–H and O–H groups in total. The van der Waals surface area contributed by atoms with Crippen LogP contribution in [0, 0.1) is 5.82 Å². The summed E-state index contributed by atoms with van der Waals surface area (Å²) in [5.74, 6) is 0.412. The molecule has 0 radical (unpaired) electrons. The molecule has 0 fully saturated rings. The summed E-state index contributed by atoms with van der Waals surface area (Å²) in [5, 5.41) is 0. The second-order valence-electron chi connectivity index (χ2n) is 4.20. The monoisotopic (exact) mass is 275 g/mol. The number of nitrogens with zero attached hydrogens (tertiary/aromatic N) is 1. The molecule has 0 unspecified atom stereocenters. The van der Waals surface area contributed by atoms with Gasteiger partial charge in [0.1, 0.15) is 5.82 Å². The van der Waals surface area contributed by atoms with E-state index in [0.717, 1.165) is 29.5 Å². The molecule has 0 aliphatic carbocycles. The van der Waals surface area contributed by atoms with Crippen LogP contribution in [-0.2, 0) is 0 Å². The highest BCUT2D eigenvalue weighted by atomic mass is 35.5. The Labute approximate surface area is 117 Å². The van der Waals surface area contributed by atoms with Gasteiger partial charge in [0, 0.05) is 23.8 Å². The Kier molecular flexibility index (Phi) is 5.10.